The third-order valence-corrected chi connectivity index (χ3v) is 6.45. The number of thioether (sulfide) groups is 1. The van der Waals surface area contributed by atoms with Gasteiger partial charge in [-0.25, -0.2) is 4.68 Å². The molecule has 8 nitrogen and oxygen atoms in total. The molecule has 2 aromatic carbocycles. The minimum atomic E-state index is -0.500. The summed E-state index contributed by atoms with van der Waals surface area (Å²) in [6.07, 6.45) is 1.02. The number of para-hydroxylation sites is 1. The van der Waals surface area contributed by atoms with Crippen molar-refractivity contribution in [2.45, 2.75) is 51.4 Å². The van der Waals surface area contributed by atoms with E-state index in [9.17, 15) is 4.79 Å². The molecule has 0 aliphatic carbocycles. The molecule has 0 saturated heterocycles. The standard InChI is InChI=1S/C26H31N5O3S/c1-6-14-35-26-29-25-27-17(4)22(24(32)28-19-10-8-7-9-11-19)23(31(25)30-26)18-12-13-20(34-16(2)3)21(15-18)33-5/h7-13,15-16,23H,6,14H2,1-5H3,(H,28,32)(H,27,29,30). The number of carbonyl (C=O) groups is 1. The van der Waals surface area contributed by atoms with Crippen LogP contribution in [-0.4, -0.2) is 39.6 Å². The average molecular weight is 494 g/mol. The summed E-state index contributed by atoms with van der Waals surface area (Å²) in [6.45, 7) is 7.94. The number of amides is 1. The number of nitrogens with zero attached hydrogens (tertiary/aromatic N) is 3. The molecule has 0 radical (unpaired) electrons. The molecular formula is C26H31N5O3S. The lowest BCUT2D eigenvalue weighted by Crippen LogP contribution is -2.31. The van der Waals surface area contributed by atoms with E-state index >= 15 is 0 Å². The van der Waals surface area contributed by atoms with Crippen molar-refractivity contribution in [1.29, 1.82) is 0 Å². The van der Waals surface area contributed by atoms with Crippen LogP contribution in [0, 0.1) is 0 Å². The van der Waals surface area contributed by atoms with Crippen molar-refractivity contribution < 1.29 is 14.3 Å². The Morgan fingerprint density at radius 1 is 1.20 bits per heavy atom. The lowest BCUT2D eigenvalue weighted by molar-refractivity contribution is -0.113. The van der Waals surface area contributed by atoms with Crippen LogP contribution in [-0.2, 0) is 4.79 Å². The molecule has 3 aromatic rings. The number of anilines is 2. The zero-order valence-corrected chi connectivity index (χ0v) is 21.5. The minimum Gasteiger partial charge on any atom is -0.493 e. The van der Waals surface area contributed by atoms with Gasteiger partial charge in [-0.3, -0.25) is 4.79 Å². The van der Waals surface area contributed by atoms with Crippen LogP contribution in [0.15, 0.2) is 65.0 Å². The highest BCUT2D eigenvalue weighted by Gasteiger charge is 2.35. The van der Waals surface area contributed by atoms with Crippen LogP contribution in [0.4, 0.5) is 11.6 Å². The molecule has 1 aromatic heterocycles. The van der Waals surface area contributed by atoms with Crippen LogP contribution in [0.3, 0.4) is 0 Å². The molecule has 184 valence electrons. The summed E-state index contributed by atoms with van der Waals surface area (Å²) in [5, 5.41) is 11.7. The van der Waals surface area contributed by atoms with E-state index in [2.05, 4.69) is 22.5 Å². The molecular weight excluding hydrogens is 462 g/mol. The van der Waals surface area contributed by atoms with E-state index in [0.717, 1.165) is 29.1 Å². The van der Waals surface area contributed by atoms with Crippen molar-refractivity contribution >= 4 is 29.3 Å². The predicted molar refractivity (Wildman–Crippen MR) is 139 cm³/mol. The van der Waals surface area contributed by atoms with Gasteiger partial charge in [0.05, 0.1) is 18.8 Å². The van der Waals surface area contributed by atoms with Crippen molar-refractivity contribution in [2.24, 2.45) is 0 Å². The van der Waals surface area contributed by atoms with Gasteiger partial charge in [0.1, 0.15) is 6.04 Å². The Kier molecular flexibility index (Phi) is 7.65. The number of rotatable bonds is 9. The third kappa shape index (κ3) is 5.45. The number of hydrogen-bond donors (Lipinski definition) is 2. The summed E-state index contributed by atoms with van der Waals surface area (Å²) in [7, 11) is 1.61. The summed E-state index contributed by atoms with van der Waals surface area (Å²) in [4.78, 5) is 18.3. The molecule has 1 atom stereocenters. The molecule has 9 heteroatoms. The lowest BCUT2D eigenvalue weighted by atomic mass is 9.94. The number of hydrogen-bond acceptors (Lipinski definition) is 7. The first-order chi connectivity index (χ1) is 16.9. The molecule has 0 bridgehead atoms. The molecule has 1 aliphatic heterocycles. The van der Waals surface area contributed by atoms with E-state index in [1.807, 2.05) is 69.3 Å². The van der Waals surface area contributed by atoms with Crippen molar-refractivity contribution in [3.63, 3.8) is 0 Å². The maximum Gasteiger partial charge on any atom is 0.255 e. The van der Waals surface area contributed by atoms with Crippen molar-refractivity contribution in [3.8, 4) is 11.5 Å². The minimum absolute atomic E-state index is 0.00282. The first kappa shape index (κ1) is 24.7. The Bertz CT molecular complexity index is 1220. The first-order valence-electron chi connectivity index (χ1n) is 11.7. The molecule has 1 aliphatic rings. The fourth-order valence-corrected chi connectivity index (χ4v) is 4.60. The number of allylic oxidation sites excluding steroid dienone is 1. The second-order valence-corrected chi connectivity index (χ2v) is 9.54. The Morgan fingerprint density at radius 3 is 2.66 bits per heavy atom. The molecule has 1 unspecified atom stereocenters. The SMILES string of the molecule is CCCSc1nc2n(n1)C(c1ccc(OC(C)C)c(OC)c1)C(C(=O)Nc1ccccc1)=C(C)N2. The normalized spacial score (nSPS) is 15.0. The largest absolute Gasteiger partial charge is 0.493 e. The maximum absolute atomic E-state index is 13.6. The summed E-state index contributed by atoms with van der Waals surface area (Å²) < 4.78 is 13.3. The lowest BCUT2D eigenvalue weighted by Gasteiger charge is -2.29. The van der Waals surface area contributed by atoms with Gasteiger partial charge in [-0.1, -0.05) is 43.0 Å². The first-order valence-corrected chi connectivity index (χ1v) is 12.7. The van der Waals surface area contributed by atoms with Crippen LogP contribution in [0.1, 0.15) is 45.7 Å². The van der Waals surface area contributed by atoms with Gasteiger partial charge in [-0.2, -0.15) is 4.98 Å². The third-order valence-electron chi connectivity index (χ3n) is 5.41. The van der Waals surface area contributed by atoms with E-state index < -0.39 is 6.04 Å². The van der Waals surface area contributed by atoms with Gasteiger partial charge < -0.3 is 20.1 Å². The average Bonchev–Trinajstić information content (AvgIpc) is 3.24. The highest BCUT2D eigenvalue weighted by atomic mass is 32.2. The summed E-state index contributed by atoms with van der Waals surface area (Å²) in [5.41, 5.74) is 2.84. The fraction of sp³-hybridized carbons (Fsp3) is 0.346. The number of nitrogens with one attached hydrogen (secondary N) is 2. The van der Waals surface area contributed by atoms with Gasteiger partial charge in [-0.15, -0.1) is 5.10 Å². The highest BCUT2D eigenvalue weighted by molar-refractivity contribution is 7.99. The number of aromatic nitrogens is 3. The predicted octanol–water partition coefficient (Wildman–Crippen LogP) is 5.50. The number of fused-ring (bicyclic) bond motifs is 1. The summed E-state index contributed by atoms with van der Waals surface area (Å²) in [6, 6.07) is 14.6. The van der Waals surface area contributed by atoms with Crippen LogP contribution in [0.25, 0.3) is 0 Å². The summed E-state index contributed by atoms with van der Waals surface area (Å²) >= 11 is 1.59. The molecule has 0 spiro atoms. The Labute approximate surface area is 210 Å². The van der Waals surface area contributed by atoms with Crippen LogP contribution < -0.4 is 20.1 Å². The van der Waals surface area contributed by atoms with Crippen LogP contribution in [0.5, 0.6) is 11.5 Å². The molecule has 1 amide bonds. The quantitative estimate of drug-likeness (QED) is 0.380. The van der Waals surface area contributed by atoms with Gasteiger partial charge >= 0.3 is 0 Å². The molecule has 0 saturated carbocycles. The molecule has 4 rings (SSSR count). The van der Waals surface area contributed by atoms with Crippen LogP contribution in [0.2, 0.25) is 0 Å². The van der Waals surface area contributed by atoms with Crippen molar-refractivity contribution in [1.82, 2.24) is 14.8 Å². The monoisotopic (exact) mass is 493 g/mol. The molecule has 2 heterocycles. The maximum atomic E-state index is 13.6. The Hall–Kier alpha value is -3.46. The Morgan fingerprint density at radius 2 is 1.97 bits per heavy atom. The second-order valence-electron chi connectivity index (χ2n) is 8.47. The van der Waals surface area contributed by atoms with Gasteiger partial charge in [0.2, 0.25) is 11.1 Å². The molecule has 35 heavy (non-hydrogen) atoms. The Balaban J connectivity index is 1.79. The van der Waals surface area contributed by atoms with Gasteiger partial charge in [-0.05, 0) is 57.0 Å². The van der Waals surface area contributed by atoms with E-state index in [1.54, 1.807) is 23.6 Å². The van der Waals surface area contributed by atoms with Gasteiger partial charge in [0.15, 0.2) is 11.5 Å². The van der Waals surface area contributed by atoms with Crippen molar-refractivity contribution in [3.05, 3.63) is 65.4 Å². The highest BCUT2D eigenvalue weighted by Crippen LogP contribution is 2.40. The van der Waals surface area contributed by atoms with Gasteiger partial charge in [0.25, 0.3) is 5.91 Å². The zero-order chi connectivity index (χ0) is 24.9. The number of benzene rings is 2. The number of methoxy groups -OCH3 is 1. The van der Waals surface area contributed by atoms with E-state index in [-0.39, 0.29) is 12.0 Å². The van der Waals surface area contributed by atoms with Crippen LogP contribution >= 0.6 is 11.8 Å². The summed E-state index contributed by atoms with van der Waals surface area (Å²) in [5.74, 6) is 2.55. The van der Waals surface area contributed by atoms with E-state index in [1.165, 1.54) is 0 Å². The van der Waals surface area contributed by atoms with Crippen molar-refractivity contribution in [2.75, 3.05) is 23.5 Å². The molecule has 2 N–H and O–H groups in total. The number of ether oxygens (including phenoxy) is 2. The van der Waals surface area contributed by atoms with E-state index in [0.29, 0.717) is 28.2 Å². The fourth-order valence-electron chi connectivity index (χ4n) is 3.91. The second kappa shape index (κ2) is 10.9. The topological polar surface area (TPSA) is 90.3 Å². The number of carbonyl (C=O) groups excluding carboxylic acids is 1. The van der Waals surface area contributed by atoms with Gasteiger partial charge in [0, 0.05) is 17.1 Å². The molecule has 0 fully saturated rings. The zero-order valence-electron chi connectivity index (χ0n) is 20.7. The van der Waals surface area contributed by atoms with E-state index in [4.69, 9.17) is 14.6 Å². The smallest absolute Gasteiger partial charge is 0.255 e.